The molecule has 0 amide bonds. The standard InChI is InChI=1S/C24H22ClFN6O/c1-13-10-27-22-21(18-5-2-16(25)9-19(18)26)30-23(31-24(22)29-13)14-6-7-33-20(8-14)15-11-28-32(12-15)17-3-4-17/h2,5,9-12,14,17,20H,3-4,6-8H2,1H3/t14-,20-/m1/s1. The van der Waals surface area contributed by atoms with Gasteiger partial charge in [0.2, 0.25) is 0 Å². The normalized spacial score (nSPS) is 20.9. The van der Waals surface area contributed by atoms with Crippen LogP contribution in [0.15, 0.2) is 36.8 Å². The fourth-order valence-corrected chi connectivity index (χ4v) is 4.54. The smallest absolute Gasteiger partial charge is 0.182 e. The largest absolute Gasteiger partial charge is 0.373 e. The van der Waals surface area contributed by atoms with Crippen LogP contribution in [0.25, 0.3) is 22.4 Å². The fourth-order valence-electron chi connectivity index (χ4n) is 4.38. The summed E-state index contributed by atoms with van der Waals surface area (Å²) in [6.07, 6.45) is 9.44. The first kappa shape index (κ1) is 20.6. The summed E-state index contributed by atoms with van der Waals surface area (Å²) in [6, 6.07) is 5.09. The minimum atomic E-state index is -0.451. The Labute approximate surface area is 195 Å². The van der Waals surface area contributed by atoms with Crippen molar-refractivity contribution in [1.29, 1.82) is 0 Å². The van der Waals surface area contributed by atoms with E-state index < -0.39 is 5.82 Å². The molecule has 168 valence electrons. The van der Waals surface area contributed by atoms with Crippen molar-refractivity contribution in [3.8, 4) is 11.3 Å². The van der Waals surface area contributed by atoms with Gasteiger partial charge < -0.3 is 4.74 Å². The second-order valence-corrected chi connectivity index (χ2v) is 9.24. The third-order valence-corrected chi connectivity index (χ3v) is 6.53. The van der Waals surface area contributed by atoms with Crippen LogP contribution in [0, 0.1) is 12.7 Å². The van der Waals surface area contributed by atoms with Gasteiger partial charge in [0.05, 0.1) is 24.0 Å². The van der Waals surface area contributed by atoms with Gasteiger partial charge in [-0.1, -0.05) is 11.6 Å². The van der Waals surface area contributed by atoms with Crippen molar-refractivity contribution in [3.63, 3.8) is 0 Å². The average molecular weight is 465 g/mol. The Kier molecular flexibility index (Phi) is 5.07. The van der Waals surface area contributed by atoms with Gasteiger partial charge in [-0.15, -0.1) is 0 Å². The second-order valence-electron chi connectivity index (χ2n) is 8.80. The Morgan fingerprint density at radius 3 is 2.82 bits per heavy atom. The van der Waals surface area contributed by atoms with Crippen molar-refractivity contribution in [2.45, 2.75) is 50.7 Å². The third kappa shape index (κ3) is 3.98. The summed E-state index contributed by atoms with van der Waals surface area (Å²) < 4.78 is 23.0. The number of ether oxygens (including phenoxy) is 1. The molecule has 1 aliphatic carbocycles. The molecule has 7 nitrogen and oxygen atoms in total. The zero-order chi connectivity index (χ0) is 22.5. The van der Waals surface area contributed by atoms with Crippen molar-refractivity contribution in [2.75, 3.05) is 6.61 Å². The van der Waals surface area contributed by atoms with Gasteiger partial charge in [0.1, 0.15) is 22.9 Å². The highest BCUT2D eigenvalue weighted by atomic mass is 35.5. The summed E-state index contributed by atoms with van der Waals surface area (Å²) in [5.74, 6) is 0.233. The molecule has 4 aromatic rings. The van der Waals surface area contributed by atoms with E-state index in [1.807, 2.05) is 17.8 Å². The Bertz CT molecular complexity index is 1350. The van der Waals surface area contributed by atoms with Crippen LogP contribution in [0.3, 0.4) is 0 Å². The van der Waals surface area contributed by atoms with Crippen molar-refractivity contribution < 1.29 is 9.13 Å². The van der Waals surface area contributed by atoms with Gasteiger partial charge in [0.25, 0.3) is 0 Å². The number of aryl methyl sites for hydroxylation is 1. The van der Waals surface area contributed by atoms with Gasteiger partial charge in [-0.05, 0) is 50.8 Å². The highest BCUT2D eigenvalue weighted by Crippen LogP contribution is 2.40. The van der Waals surface area contributed by atoms with Crippen LogP contribution in [-0.2, 0) is 4.74 Å². The van der Waals surface area contributed by atoms with E-state index >= 15 is 0 Å². The molecule has 6 rings (SSSR count). The zero-order valence-corrected chi connectivity index (χ0v) is 18.8. The van der Waals surface area contributed by atoms with Crippen molar-refractivity contribution in [2.24, 2.45) is 0 Å². The molecular formula is C24H22ClFN6O. The molecule has 0 spiro atoms. The molecule has 0 unspecified atom stereocenters. The topological polar surface area (TPSA) is 78.6 Å². The summed E-state index contributed by atoms with van der Waals surface area (Å²) in [5.41, 5.74) is 3.52. The van der Waals surface area contributed by atoms with Crippen molar-refractivity contribution in [3.05, 3.63) is 64.7 Å². The van der Waals surface area contributed by atoms with E-state index in [1.165, 1.54) is 18.9 Å². The van der Waals surface area contributed by atoms with E-state index in [2.05, 4.69) is 21.3 Å². The molecule has 0 bridgehead atoms. The molecule has 1 saturated carbocycles. The lowest BCUT2D eigenvalue weighted by Crippen LogP contribution is -2.20. The highest BCUT2D eigenvalue weighted by Gasteiger charge is 2.31. The van der Waals surface area contributed by atoms with Crippen LogP contribution < -0.4 is 0 Å². The lowest BCUT2D eigenvalue weighted by atomic mass is 9.92. The van der Waals surface area contributed by atoms with E-state index in [9.17, 15) is 4.39 Å². The first-order valence-corrected chi connectivity index (χ1v) is 11.6. The maximum atomic E-state index is 14.9. The van der Waals surface area contributed by atoms with Crippen molar-refractivity contribution in [1.82, 2.24) is 29.7 Å². The summed E-state index contributed by atoms with van der Waals surface area (Å²) in [7, 11) is 0. The molecule has 2 aliphatic rings. The average Bonchev–Trinajstić information content (AvgIpc) is 3.54. The van der Waals surface area contributed by atoms with E-state index in [-0.39, 0.29) is 12.0 Å². The molecule has 2 fully saturated rings. The minimum absolute atomic E-state index is 0.0499. The maximum Gasteiger partial charge on any atom is 0.182 e. The van der Waals surface area contributed by atoms with Crippen molar-refractivity contribution >= 4 is 22.8 Å². The predicted octanol–water partition coefficient (Wildman–Crippen LogP) is 5.35. The van der Waals surface area contributed by atoms with Gasteiger partial charge in [0.15, 0.2) is 5.65 Å². The summed E-state index contributed by atoms with van der Waals surface area (Å²) in [5, 5.41) is 4.84. The van der Waals surface area contributed by atoms with Crippen LogP contribution >= 0.6 is 11.6 Å². The molecule has 1 saturated heterocycles. The molecule has 4 heterocycles. The first-order valence-electron chi connectivity index (χ1n) is 11.2. The Morgan fingerprint density at radius 1 is 1.12 bits per heavy atom. The molecular weight excluding hydrogens is 443 g/mol. The number of nitrogens with zero attached hydrogens (tertiary/aromatic N) is 6. The van der Waals surface area contributed by atoms with Crippen LogP contribution in [0.2, 0.25) is 5.02 Å². The molecule has 3 aromatic heterocycles. The van der Waals surface area contributed by atoms with Gasteiger partial charge in [-0.25, -0.2) is 24.3 Å². The van der Waals surface area contributed by atoms with E-state index in [4.69, 9.17) is 26.3 Å². The lowest BCUT2D eigenvalue weighted by molar-refractivity contribution is 0.00396. The van der Waals surface area contributed by atoms with E-state index in [0.717, 1.165) is 24.1 Å². The molecule has 0 radical (unpaired) electrons. The zero-order valence-electron chi connectivity index (χ0n) is 18.1. The number of benzene rings is 1. The Hall–Kier alpha value is -2.97. The number of hydrogen-bond acceptors (Lipinski definition) is 6. The quantitative estimate of drug-likeness (QED) is 0.405. The third-order valence-electron chi connectivity index (χ3n) is 6.30. The van der Waals surface area contributed by atoms with Gasteiger partial charge >= 0.3 is 0 Å². The SMILES string of the molecule is Cc1cnc2c(-c3ccc(Cl)cc3F)nc([C@@H]3CCO[C@@H](c4cnn(C5CC5)c4)C3)nc2n1. The Morgan fingerprint density at radius 2 is 2.00 bits per heavy atom. The number of aromatic nitrogens is 6. The minimum Gasteiger partial charge on any atom is -0.373 e. The summed E-state index contributed by atoms with van der Waals surface area (Å²) in [4.78, 5) is 18.6. The number of hydrogen-bond donors (Lipinski definition) is 0. The molecule has 9 heteroatoms. The first-order chi connectivity index (χ1) is 16.0. The molecule has 1 aliphatic heterocycles. The molecule has 33 heavy (non-hydrogen) atoms. The molecule has 1 aromatic carbocycles. The highest BCUT2D eigenvalue weighted by molar-refractivity contribution is 6.30. The van der Waals surface area contributed by atoms with Crippen LogP contribution in [-0.4, -0.2) is 36.3 Å². The predicted molar refractivity (Wildman–Crippen MR) is 121 cm³/mol. The van der Waals surface area contributed by atoms with Gasteiger partial charge in [0, 0.05) is 41.1 Å². The lowest BCUT2D eigenvalue weighted by Gasteiger charge is -2.28. The number of rotatable bonds is 4. The van der Waals surface area contributed by atoms with E-state index in [1.54, 1.807) is 18.3 Å². The van der Waals surface area contributed by atoms with Crippen LogP contribution in [0.4, 0.5) is 4.39 Å². The Balaban J connectivity index is 1.39. The summed E-state index contributed by atoms with van der Waals surface area (Å²) in [6.45, 7) is 2.45. The van der Waals surface area contributed by atoms with Crippen LogP contribution in [0.1, 0.15) is 60.8 Å². The van der Waals surface area contributed by atoms with Gasteiger partial charge in [-0.2, -0.15) is 5.10 Å². The molecule has 0 N–H and O–H groups in total. The number of halogens is 2. The fraction of sp³-hybridized carbons (Fsp3) is 0.375. The summed E-state index contributed by atoms with van der Waals surface area (Å²) >= 11 is 5.97. The van der Waals surface area contributed by atoms with Crippen LogP contribution in [0.5, 0.6) is 0 Å². The second kappa shape index (κ2) is 8.11. The van der Waals surface area contributed by atoms with Gasteiger partial charge in [-0.3, -0.25) is 4.68 Å². The van der Waals surface area contributed by atoms with E-state index in [0.29, 0.717) is 45.9 Å². The molecule has 2 atom stereocenters. The monoisotopic (exact) mass is 464 g/mol. The maximum absolute atomic E-state index is 14.9. The number of fused-ring (bicyclic) bond motifs is 1.